The van der Waals surface area contributed by atoms with Gasteiger partial charge in [0.15, 0.2) is 0 Å². The number of hydrogen-bond donors (Lipinski definition) is 1. The van der Waals surface area contributed by atoms with Crippen molar-refractivity contribution in [3.8, 4) is 0 Å². The van der Waals surface area contributed by atoms with Crippen LogP contribution in [-0.2, 0) is 15.3 Å². The van der Waals surface area contributed by atoms with E-state index in [0.717, 1.165) is 22.7 Å². The summed E-state index contributed by atoms with van der Waals surface area (Å²) in [6.07, 6.45) is 3.98. The lowest BCUT2D eigenvalue weighted by molar-refractivity contribution is 0.596. The van der Waals surface area contributed by atoms with Crippen LogP contribution >= 0.6 is 0 Å². The second kappa shape index (κ2) is 9.32. The van der Waals surface area contributed by atoms with Crippen molar-refractivity contribution in [1.82, 2.24) is 0 Å². The molecule has 1 heterocycles. The van der Waals surface area contributed by atoms with E-state index >= 15 is 0 Å². The molecule has 4 aromatic rings. The summed E-state index contributed by atoms with van der Waals surface area (Å²) < 4.78 is 26.7. The molecule has 5 rings (SSSR count). The lowest BCUT2D eigenvalue weighted by Crippen LogP contribution is -2.30. The maximum Gasteiger partial charge on any atom is 0.206 e. The number of benzene rings is 4. The summed E-state index contributed by atoms with van der Waals surface area (Å²) in [6.45, 7) is 7.16. The van der Waals surface area contributed by atoms with Crippen molar-refractivity contribution in [2.24, 2.45) is 0 Å². The Morgan fingerprint density at radius 3 is 1.78 bits per heavy atom. The van der Waals surface area contributed by atoms with Gasteiger partial charge in [0.05, 0.1) is 21.2 Å². The van der Waals surface area contributed by atoms with Crippen LogP contribution in [0.1, 0.15) is 31.9 Å². The van der Waals surface area contributed by atoms with Crippen LogP contribution in [0.4, 0.5) is 22.7 Å². The summed E-state index contributed by atoms with van der Waals surface area (Å²) in [4.78, 5) is 2.78. The Morgan fingerprint density at radius 2 is 1.25 bits per heavy atom. The molecule has 5 heteroatoms. The number of hydrogen-bond acceptors (Lipinski definition) is 4. The predicted molar refractivity (Wildman–Crippen MR) is 148 cm³/mol. The van der Waals surface area contributed by atoms with E-state index in [1.54, 1.807) is 36.4 Å². The Morgan fingerprint density at radius 1 is 0.750 bits per heavy atom. The van der Waals surface area contributed by atoms with Crippen molar-refractivity contribution >= 4 is 32.6 Å². The largest absolute Gasteiger partial charge is 0.382 e. The monoisotopic (exact) mass is 494 g/mol. The van der Waals surface area contributed by atoms with Crippen LogP contribution in [0.5, 0.6) is 0 Å². The fourth-order valence-electron chi connectivity index (χ4n) is 4.90. The third kappa shape index (κ3) is 4.10. The molecule has 0 bridgehead atoms. The molecule has 4 aromatic carbocycles. The van der Waals surface area contributed by atoms with Crippen LogP contribution in [0.25, 0.3) is 0 Å². The lowest BCUT2D eigenvalue weighted by Gasteiger charge is -2.42. The maximum atomic E-state index is 13.3. The van der Waals surface area contributed by atoms with Crippen LogP contribution in [-0.4, -0.2) is 15.0 Å². The second-order valence-corrected chi connectivity index (χ2v) is 11.4. The molecule has 0 aliphatic carbocycles. The molecule has 4 nitrogen and oxygen atoms in total. The van der Waals surface area contributed by atoms with Crippen molar-refractivity contribution in [1.29, 1.82) is 0 Å². The van der Waals surface area contributed by atoms with Crippen molar-refractivity contribution in [2.45, 2.75) is 36.0 Å². The van der Waals surface area contributed by atoms with Crippen LogP contribution in [0, 0.1) is 0 Å². The third-order valence-corrected chi connectivity index (χ3v) is 8.65. The van der Waals surface area contributed by atoms with Gasteiger partial charge in [0.2, 0.25) is 9.84 Å². The van der Waals surface area contributed by atoms with Gasteiger partial charge < -0.3 is 10.2 Å². The van der Waals surface area contributed by atoms with Gasteiger partial charge in [0.1, 0.15) is 0 Å². The smallest absolute Gasteiger partial charge is 0.206 e. The highest BCUT2D eigenvalue weighted by molar-refractivity contribution is 7.91. The average Bonchev–Trinajstić information content (AvgIpc) is 2.90. The van der Waals surface area contributed by atoms with Crippen molar-refractivity contribution in [3.05, 3.63) is 120 Å². The van der Waals surface area contributed by atoms with Crippen LogP contribution in [0.15, 0.2) is 119 Å². The molecule has 0 saturated carbocycles. The number of allylic oxidation sites excluding steroid dienone is 1. The SMILES string of the molecule is C/C=C\CNc1ccc(S(=O)(=O)c2ccc(N3c4ccccc4C(C)(C)c4ccccc43)cc2)cc1. The Hall–Kier alpha value is -3.83. The van der Waals surface area contributed by atoms with Crippen molar-refractivity contribution in [2.75, 3.05) is 16.8 Å². The Labute approximate surface area is 213 Å². The molecule has 0 saturated heterocycles. The molecule has 1 aliphatic rings. The number of anilines is 4. The van der Waals surface area contributed by atoms with E-state index in [0.29, 0.717) is 6.54 Å². The first kappa shape index (κ1) is 23.9. The van der Waals surface area contributed by atoms with Gasteiger partial charge in [-0.1, -0.05) is 62.4 Å². The minimum Gasteiger partial charge on any atom is -0.382 e. The number of nitrogens with zero attached hydrogens (tertiary/aromatic N) is 1. The first-order chi connectivity index (χ1) is 17.3. The molecular formula is C31H30N2O2S. The Kier molecular flexibility index (Phi) is 6.19. The van der Waals surface area contributed by atoms with Gasteiger partial charge in [-0.05, 0) is 78.7 Å². The quantitative estimate of drug-likeness (QED) is 0.280. The summed E-state index contributed by atoms with van der Waals surface area (Å²) >= 11 is 0. The molecule has 0 aromatic heterocycles. The lowest BCUT2D eigenvalue weighted by atomic mass is 9.73. The number of fused-ring (bicyclic) bond motifs is 2. The van der Waals surface area contributed by atoms with E-state index < -0.39 is 9.84 Å². The zero-order valence-corrected chi connectivity index (χ0v) is 21.6. The first-order valence-corrected chi connectivity index (χ1v) is 13.6. The normalized spacial score (nSPS) is 14.4. The molecule has 0 atom stereocenters. The highest BCUT2D eigenvalue weighted by Gasteiger charge is 2.36. The van der Waals surface area contributed by atoms with E-state index in [9.17, 15) is 8.42 Å². The van der Waals surface area contributed by atoms with E-state index in [2.05, 4.69) is 60.5 Å². The fourth-order valence-corrected chi connectivity index (χ4v) is 6.17. The highest BCUT2D eigenvalue weighted by atomic mass is 32.2. The molecule has 182 valence electrons. The topological polar surface area (TPSA) is 49.4 Å². The van der Waals surface area contributed by atoms with Gasteiger partial charge in [-0.25, -0.2) is 8.42 Å². The highest BCUT2D eigenvalue weighted by Crippen LogP contribution is 2.51. The molecule has 0 amide bonds. The number of nitrogens with one attached hydrogen (secondary N) is 1. The summed E-state index contributed by atoms with van der Waals surface area (Å²) in [6, 6.07) is 30.9. The zero-order valence-electron chi connectivity index (χ0n) is 20.8. The van der Waals surface area contributed by atoms with Crippen LogP contribution in [0.3, 0.4) is 0 Å². The van der Waals surface area contributed by atoms with Crippen LogP contribution < -0.4 is 10.2 Å². The minimum atomic E-state index is -3.63. The van der Waals surface area contributed by atoms with E-state index in [1.165, 1.54) is 11.1 Å². The molecular weight excluding hydrogens is 464 g/mol. The van der Waals surface area contributed by atoms with Gasteiger partial charge >= 0.3 is 0 Å². The Bertz CT molecular complexity index is 1470. The molecule has 0 fully saturated rings. The maximum absolute atomic E-state index is 13.3. The number of sulfone groups is 1. The summed E-state index contributed by atoms with van der Waals surface area (Å²) in [5.74, 6) is 0. The Balaban J connectivity index is 1.49. The summed E-state index contributed by atoms with van der Waals surface area (Å²) in [7, 11) is -3.63. The van der Waals surface area contributed by atoms with Crippen molar-refractivity contribution < 1.29 is 8.42 Å². The average molecular weight is 495 g/mol. The van der Waals surface area contributed by atoms with Crippen molar-refractivity contribution in [3.63, 3.8) is 0 Å². The van der Waals surface area contributed by atoms with Gasteiger partial charge in [0.25, 0.3) is 0 Å². The van der Waals surface area contributed by atoms with E-state index in [4.69, 9.17) is 0 Å². The standard InChI is InChI=1S/C31H30N2O2S/c1-4-5-22-32-23-14-18-25(19-15-23)36(34,35)26-20-16-24(17-21-26)33-29-12-8-6-10-27(29)31(2,3)28-11-7-9-13-30(28)33/h4-21,32H,22H2,1-3H3/b5-4-. The summed E-state index contributed by atoms with van der Waals surface area (Å²) in [5.41, 5.74) is 6.36. The van der Waals surface area contributed by atoms with Gasteiger partial charge in [-0.3, -0.25) is 0 Å². The molecule has 1 N–H and O–H groups in total. The molecule has 1 aliphatic heterocycles. The fraction of sp³-hybridized carbons (Fsp3) is 0.161. The number of para-hydroxylation sites is 2. The third-order valence-electron chi connectivity index (χ3n) is 6.87. The van der Waals surface area contributed by atoms with Gasteiger partial charge in [-0.2, -0.15) is 0 Å². The van der Waals surface area contributed by atoms with E-state index in [-0.39, 0.29) is 15.2 Å². The molecule has 0 unspecified atom stereocenters. The molecule has 0 spiro atoms. The van der Waals surface area contributed by atoms with Crippen LogP contribution in [0.2, 0.25) is 0 Å². The number of rotatable bonds is 6. The van der Waals surface area contributed by atoms with Gasteiger partial charge in [0, 0.05) is 23.3 Å². The second-order valence-electron chi connectivity index (χ2n) is 9.47. The molecule has 36 heavy (non-hydrogen) atoms. The minimum absolute atomic E-state index is 0.138. The first-order valence-electron chi connectivity index (χ1n) is 12.1. The predicted octanol–water partition coefficient (Wildman–Crippen LogP) is 7.62. The zero-order chi connectivity index (χ0) is 25.3. The molecule has 0 radical (unpaired) electrons. The van der Waals surface area contributed by atoms with E-state index in [1.807, 2.05) is 43.3 Å². The van der Waals surface area contributed by atoms with Gasteiger partial charge in [-0.15, -0.1) is 0 Å². The summed E-state index contributed by atoms with van der Waals surface area (Å²) in [5, 5.41) is 3.24.